The van der Waals surface area contributed by atoms with Gasteiger partial charge in [0.2, 0.25) is 0 Å². The summed E-state index contributed by atoms with van der Waals surface area (Å²) in [5.41, 5.74) is 0.273. The number of halogens is 1. The average Bonchev–Trinajstić information content (AvgIpc) is 2.57. The van der Waals surface area contributed by atoms with Crippen molar-refractivity contribution in [1.29, 1.82) is 0 Å². The lowest BCUT2D eigenvalue weighted by molar-refractivity contribution is -0.0784. The summed E-state index contributed by atoms with van der Waals surface area (Å²) >= 11 is 2.52. The molecule has 2 rings (SSSR count). The van der Waals surface area contributed by atoms with Gasteiger partial charge in [0, 0.05) is 4.43 Å². The fourth-order valence-electron chi connectivity index (χ4n) is 3.02. The predicted octanol–water partition coefficient (Wildman–Crippen LogP) is 4.47. The number of hydrogen-bond acceptors (Lipinski definition) is 1. The minimum atomic E-state index is 0.273. The molecule has 0 amide bonds. The number of alkyl halides is 1. The van der Waals surface area contributed by atoms with Gasteiger partial charge in [0.1, 0.15) is 0 Å². The number of hydrogen-bond donors (Lipinski definition) is 0. The molecule has 0 unspecified atom stereocenters. The third kappa shape index (κ3) is 3.32. The fourth-order valence-corrected chi connectivity index (χ4v) is 3.96. The van der Waals surface area contributed by atoms with Crippen LogP contribution in [-0.4, -0.2) is 16.1 Å². The van der Waals surface area contributed by atoms with Crippen molar-refractivity contribution < 1.29 is 4.74 Å². The maximum Gasteiger partial charge on any atom is 0.0775 e. The highest BCUT2D eigenvalue weighted by Gasteiger charge is 2.36. The van der Waals surface area contributed by atoms with E-state index >= 15 is 0 Å². The maximum absolute atomic E-state index is 6.46. The van der Waals surface area contributed by atoms with Gasteiger partial charge in [-0.25, -0.2) is 0 Å². The molecule has 0 radical (unpaired) electrons. The van der Waals surface area contributed by atoms with Crippen LogP contribution in [0.4, 0.5) is 0 Å². The number of ether oxygens (including phenoxy) is 1. The van der Waals surface area contributed by atoms with Crippen LogP contribution in [0.3, 0.4) is 0 Å². The molecule has 0 aromatic rings. The first-order valence-electron chi connectivity index (χ1n) is 6.58. The SMILES string of the molecule is ICC1(OC2CCCCCC2)CCCC1. The molecule has 0 aliphatic heterocycles. The second-order valence-corrected chi connectivity index (χ2v) is 6.02. The highest BCUT2D eigenvalue weighted by Crippen LogP contribution is 2.37. The normalized spacial score (nSPS) is 27.8. The summed E-state index contributed by atoms with van der Waals surface area (Å²) < 4.78 is 7.66. The Hall–Kier alpha value is 0.690. The molecule has 0 N–H and O–H groups in total. The van der Waals surface area contributed by atoms with Crippen LogP contribution >= 0.6 is 22.6 Å². The van der Waals surface area contributed by atoms with Crippen LogP contribution in [0.15, 0.2) is 0 Å². The molecule has 0 heterocycles. The summed E-state index contributed by atoms with van der Waals surface area (Å²) in [6.45, 7) is 0. The second kappa shape index (κ2) is 5.85. The third-order valence-electron chi connectivity index (χ3n) is 3.98. The molecule has 2 aliphatic rings. The Morgan fingerprint density at radius 2 is 1.53 bits per heavy atom. The van der Waals surface area contributed by atoms with Gasteiger partial charge in [-0.1, -0.05) is 61.1 Å². The Balaban J connectivity index is 1.87. The molecular formula is C13H23IO. The summed E-state index contributed by atoms with van der Waals surface area (Å²) in [5, 5.41) is 0. The Bertz CT molecular complexity index is 179. The first-order chi connectivity index (χ1) is 7.35. The zero-order valence-electron chi connectivity index (χ0n) is 9.64. The van der Waals surface area contributed by atoms with Crippen molar-refractivity contribution in [1.82, 2.24) is 0 Å². The zero-order chi connectivity index (χ0) is 10.6. The van der Waals surface area contributed by atoms with Crippen molar-refractivity contribution in [2.45, 2.75) is 75.9 Å². The van der Waals surface area contributed by atoms with Crippen molar-refractivity contribution >= 4 is 22.6 Å². The van der Waals surface area contributed by atoms with Crippen molar-refractivity contribution in [2.24, 2.45) is 0 Å². The molecule has 2 heteroatoms. The van der Waals surface area contributed by atoms with Crippen molar-refractivity contribution in [3.05, 3.63) is 0 Å². The molecule has 0 atom stereocenters. The second-order valence-electron chi connectivity index (χ2n) is 5.26. The Labute approximate surface area is 107 Å². The van der Waals surface area contributed by atoms with Crippen LogP contribution in [-0.2, 0) is 4.74 Å². The van der Waals surface area contributed by atoms with Crippen LogP contribution in [0.2, 0.25) is 0 Å². The van der Waals surface area contributed by atoms with Crippen molar-refractivity contribution in [3.8, 4) is 0 Å². The Morgan fingerprint density at radius 3 is 2.07 bits per heavy atom. The standard InChI is InChI=1S/C13H23IO/c14-11-13(9-5-6-10-13)15-12-7-3-1-2-4-8-12/h12H,1-11H2. The lowest BCUT2D eigenvalue weighted by Crippen LogP contribution is -2.35. The molecule has 0 spiro atoms. The van der Waals surface area contributed by atoms with Crippen LogP contribution in [0, 0.1) is 0 Å². The monoisotopic (exact) mass is 322 g/mol. The van der Waals surface area contributed by atoms with Crippen LogP contribution in [0.1, 0.15) is 64.2 Å². The van der Waals surface area contributed by atoms with E-state index < -0.39 is 0 Å². The van der Waals surface area contributed by atoms with Gasteiger partial charge in [0.15, 0.2) is 0 Å². The molecule has 0 bridgehead atoms. The van der Waals surface area contributed by atoms with E-state index in [9.17, 15) is 0 Å². The van der Waals surface area contributed by atoms with Gasteiger partial charge in [-0.05, 0) is 25.7 Å². The molecule has 0 aromatic heterocycles. The van der Waals surface area contributed by atoms with E-state index in [0.717, 1.165) is 0 Å². The van der Waals surface area contributed by atoms with E-state index in [-0.39, 0.29) is 5.60 Å². The smallest absolute Gasteiger partial charge is 0.0775 e. The van der Waals surface area contributed by atoms with Gasteiger partial charge < -0.3 is 4.74 Å². The van der Waals surface area contributed by atoms with Gasteiger partial charge >= 0.3 is 0 Å². The average molecular weight is 322 g/mol. The summed E-state index contributed by atoms with van der Waals surface area (Å²) in [6, 6.07) is 0. The maximum atomic E-state index is 6.46. The highest BCUT2D eigenvalue weighted by atomic mass is 127. The van der Waals surface area contributed by atoms with Gasteiger partial charge in [-0.2, -0.15) is 0 Å². The summed E-state index contributed by atoms with van der Waals surface area (Å²) in [6.07, 6.45) is 14.2. The first kappa shape index (κ1) is 12.2. The molecule has 0 aromatic carbocycles. The largest absolute Gasteiger partial charge is 0.371 e. The molecule has 1 nitrogen and oxygen atoms in total. The van der Waals surface area contributed by atoms with E-state index in [1.807, 2.05) is 0 Å². The van der Waals surface area contributed by atoms with E-state index in [1.165, 1.54) is 68.6 Å². The lowest BCUT2D eigenvalue weighted by atomic mass is 10.0. The van der Waals surface area contributed by atoms with Crippen LogP contribution in [0.5, 0.6) is 0 Å². The minimum Gasteiger partial charge on any atom is -0.371 e. The predicted molar refractivity (Wildman–Crippen MR) is 72.7 cm³/mol. The van der Waals surface area contributed by atoms with E-state index in [2.05, 4.69) is 22.6 Å². The third-order valence-corrected chi connectivity index (χ3v) is 5.37. The van der Waals surface area contributed by atoms with Crippen molar-refractivity contribution in [3.63, 3.8) is 0 Å². The minimum absolute atomic E-state index is 0.273. The summed E-state index contributed by atoms with van der Waals surface area (Å²) in [5.74, 6) is 0. The Morgan fingerprint density at radius 1 is 0.933 bits per heavy atom. The molecule has 88 valence electrons. The number of rotatable bonds is 3. The molecule has 15 heavy (non-hydrogen) atoms. The van der Waals surface area contributed by atoms with Crippen molar-refractivity contribution in [2.75, 3.05) is 4.43 Å². The summed E-state index contributed by atoms with van der Waals surface area (Å²) in [4.78, 5) is 0. The van der Waals surface area contributed by atoms with Crippen LogP contribution in [0.25, 0.3) is 0 Å². The lowest BCUT2D eigenvalue weighted by Gasteiger charge is -2.32. The molecular weight excluding hydrogens is 299 g/mol. The molecule has 0 saturated heterocycles. The fraction of sp³-hybridized carbons (Fsp3) is 1.00. The highest BCUT2D eigenvalue weighted by molar-refractivity contribution is 14.1. The topological polar surface area (TPSA) is 9.23 Å². The Kier molecular flexibility index (Phi) is 4.74. The summed E-state index contributed by atoms with van der Waals surface area (Å²) in [7, 11) is 0. The quantitative estimate of drug-likeness (QED) is 0.423. The van der Waals surface area contributed by atoms with Crippen LogP contribution < -0.4 is 0 Å². The molecule has 2 fully saturated rings. The van der Waals surface area contributed by atoms with E-state index in [4.69, 9.17) is 4.74 Å². The molecule has 2 aliphatic carbocycles. The van der Waals surface area contributed by atoms with E-state index in [0.29, 0.717) is 6.10 Å². The molecule has 2 saturated carbocycles. The van der Waals surface area contributed by atoms with E-state index in [1.54, 1.807) is 0 Å². The van der Waals surface area contributed by atoms with Gasteiger partial charge in [-0.15, -0.1) is 0 Å². The first-order valence-corrected chi connectivity index (χ1v) is 8.11. The van der Waals surface area contributed by atoms with Gasteiger partial charge in [0.25, 0.3) is 0 Å². The van der Waals surface area contributed by atoms with Gasteiger partial charge in [0.05, 0.1) is 11.7 Å². The van der Waals surface area contributed by atoms with Gasteiger partial charge in [-0.3, -0.25) is 0 Å². The zero-order valence-corrected chi connectivity index (χ0v) is 11.8.